The molecular weight excluding hydrogens is 198 g/mol. The summed E-state index contributed by atoms with van der Waals surface area (Å²) in [4.78, 5) is 0. The second-order valence-electron chi connectivity index (χ2n) is 2.58. The average molecular weight is 211 g/mol. The molecule has 0 bridgehead atoms. The van der Waals surface area contributed by atoms with Crippen LogP contribution in [0.3, 0.4) is 0 Å². The van der Waals surface area contributed by atoms with E-state index >= 15 is 0 Å². The van der Waals surface area contributed by atoms with E-state index in [1.165, 1.54) is 7.11 Å². The van der Waals surface area contributed by atoms with Crippen molar-refractivity contribution >= 4 is 17.4 Å². The summed E-state index contributed by atoms with van der Waals surface area (Å²) in [6.07, 6.45) is 0. The molecule has 0 amide bonds. The van der Waals surface area contributed by atoms with Crippen molar-refractivity contribution < 1.29 is 9.47 Å². The Hall–Kier alpha value is -1.29. The molecule has 1 aromatic carbocycles. The first kappa shape index (κ1) is 10.8. The fourth-order valence-electron chi connectivity index (χ4n) is 0.911. The molecule has 4 heteroatoms. The van der Waals surface area contributed by atoms with Gasteiger partial charge in [-0.3, -0.25) is 0 Å². The topological polar surface area (TPSA) is 30.5 Å². The molecule has 1 N–H and O–H groups in total. The van der Waals surface area contributed by atoms with E-state index < -0.39 is 0 Å². The number of para-hydroxylation sites is 1. The van der Waals surface area contributed by atoms with Gasteiger partial charge >= 0.3 is 0 Å². The van der Waals surface area contributed by atoms with Gasteiger partial charge in [-0.2, -0.15) is 0 Å². The lowest BCUT2D eigenvalue weighted by molar-refractivity contribution is 0.314. The van der Waals surface area contributed by atoms with Crippen LogP contribution in [0.15, 0.2) is 30.3 Å². The number of methoxy groups -OCH3 is 1. The van der Waals surface area contributed by atoms with Gasteiger partial charge in [0, 0.05) is 0 Å². The zero-order valence-corrected chi connectivity index (χ0v) is 8.84. The highest BCUT2D eigenvalue weighted by Gasteiger charge is 1.93. The molecule has 0 heterocycles. The van der Waals surface area contributed by atoms with Gasteiger partial charge in [-0.1, -0.05) is 18.2 Å². The number of hydrogen-bond donors (Lipinski definition) is 1. The fraction of sp³-hybridized carbons (Fsp3) is 0.300. The van der Waals surface area contributed by atoms with Crippen LogP contribution in [0.25, 0.3) is 0 Å². The zero-order chi connectivity index (χ0) is 10.2. The Morgan fingerprint density at radius 1 is 1.36 bits per heavy atom. The molecule has 0 unspecified atom stereocenters. The highest BCUT2D eigenvalue weighted by atomic mass is 32.1. The summed E-state index contributed by atoms with van der Waals surface area (Å²) in [7, 11) is 1.54. The normalized spacial score (nSPS) is 9.21. The Morgan fingerprint density at radius 3 is 2.71 bits per heavy atom. The van der Waals surface area contributed by atoms with Gasteiger partial charge in [-0.15, -0.1) is 0 Å². The monoisotopic (exact) mass is 211 g/mol. The molecule has 76 valence electrons. The van der Waals surface area contributed by atoms with Crippen LogP contribution >= 0.6 is 12.2 Å². The second kappa shape index (κ2) is 6.21. The second-order valence-corrected chi connectivity index (χ2v) is 2.95. The first-order chi connectivity index (χ1) is 6.83. The van der Waals surface area contributed by atoms with Crippen molar-refractivity contribution in [3.8, 4) is 5.75 Å². The van der Waals surface area contributed by atoms with Gasteiger partial charge in [0.1, 0.15) is 12.4 Å². The van der Waals surface area contributed by atoms with E-state index in [-0.39, 0.29) is 0 Å². The van der Waals surface area contributed by atoms with Crippen LogP contribution in [-0.4, -0.2) is 25.4 Å². The molecule has 3 nitrogen and oxygen atoms in total. The predicted molar refractivity (Wildman–Crippen MR) is 59.5 cm³/mol. The van der Waals surface area contributed by atoms with Crippen LogP contribution in [-0.2, 0) is 4.74 Å². The van der Waals surface area contributed by atoms with Gasteiger partial charge in [-0.05, 0) is 24.4 Å². The molecule has 0 saturated carbocycles. The summed E-state index contributed by atoms with van der Waals surface area (Å²) < 4.78 is 10.2. The number of ether oxygens (including phenoxy) is 2. The molecule has 0 aromatic heterocycles. The molecule has 0 aliphatic rings. The molecule has 0 spiro atoms. The van der Waals surface area contributed by atoms with Gasteiger partial charge in [0.05, 0.1) is 13.7 Å². The highest BCUT2D eigenvalue weighted by Crippen LogP contribution is 2.07. The summed E-state index contributed by atoms with van der Waals surface area (Å²) >= 11 is 4.80. The standard InChI is InChI=1S/C10H13NO2S/c1-12-10(14)11-7-8-13-9-5-3-2-4-6-9/h2-6H,7-8H2,1H3,(H,11,14). The van der Waals surface area contributed by atoms with Crippen LogP contribution in [0, 0.1) is 0 Å². The highest BCUT2D eigenvalue weighted by molar-refractivity contribution is 7.80. The number of thiocarbonyl (C=S) groups is 1. The van der Waals surface area contributed by atoms with Crippen molar-refractivity contribution in [3.05, 3.63) is 30.3 Å². The quantitative estimate of drug-likeness (QED) is 0.605. The van der Waals surface area contributed by atoms with Gasteiger partial charge in [-0.25, -0.2) is 0 Å². The molecule has 0 aliphatic carbocycles. The molecule has 0 radical (unpaired) electrons. The first-order valence-electron chi connectivity index (χ1n) is 4.32. The van der Waals surface area contributed by atoms with Gasteiger partial charge in [0.25, 0.3) is 5.17 Å². The minimum atomic E-state index is 0.390. The average Bonchev–Trinajstić information content (AvgIpc) is 2.25. The fourth-order valence-corrected chi connectivity index (χ4v) is 1.01. The molecule has 1 rings (SSSR count). The molecular formula is C10H13NO2S. The Labute approximate surface area is 89.0 Å². The lowest BCUT2D eigenvalue weighted by atomic mass is 10.3. The maximum Gasteiger partial charge on any atom is 0.256 e. The lowest BCUT2D eigenvalue weighted by Gasteiger charge is -2.07. The van der Waals surface area contributed by atoms with Crippen LogP contribution < -0.4 is 10.1 Å². The van der Waals surface area contributed by atoms with E-state index in [1.54, 1.807) is 0 Å². The third kappa shape index (κ3) is 4.09. The van der Waals surface area contributed by atoms with Gasteiger partial charge in [0.2, 0.25) is 0 Å². The summed E-state index contributed by atoms with van der Waals surface area (Å²) in [5.74, 6) is 0.859. The molecule has 14 heavy (non-hydrogen) atoms. The Balaban J connectivity index is 2.13. The molecule has 0 saturated heterocycles. The summed E-state index contributed by atoms with van der Waals surface area (Å²) in [5.41, 5.74) is 0. The zero-order valence-electron chi connectivity index (χ0n) is 8.03. The Kier molecular flexibility index (Phi) is 4.78. The van der Waals surface area contributed by atoms with E-state index in [0.717, 1.165) is 5.75 Å². The smallest absolute Gasteiger partial charge is 0.256 e. The Morgan fingerprint density at radius 2 is 2.07 bits per heavy atom. The number of rotatable bonds is 4. The van der Waals surface area contributed by atoms with Crippen LogP contribution in [0.1, 0.15) is 0 Å². The lowest BCUT2D eigenvalue weighted by Crippen LogP contribution is -2.27. The number of benzene rings is 1. The summed E-state index contributed by atoms with van der Waals surface area (Å²) in [6.45, 7) is 1.20. The minimum Gasteiger partial charge on any atom is -0.492 e. The van der Waals surface area contributed by atoms with E-state index in [2.05, 4.69) is 5.32 Å². The van der Waals surface area contributed by atoms with Gasteiger partial charge in [0.15, 0.2) is 0 Å². The van der Waals surface area contributed by atoms with Crippen LogP contribution in [0.2, 0.25) is 0 Å². The van der Waals surface area contributed by atoms with E-state index in [1.807, 2.05) is 30.3 Å². The van der Waals surface area contributed by atoms with Crippen molar-refractivity contribution in [2.75, 3.05) is 20.3 Å². The third-order valence-corrected chi connectivity index (χ3v) is 1.88. The van der Waals surface area contributed by atoms with E-state index in [0.29, 0.717) is 18.3 Å². The minimum absolute atomic E-state index is 0.390. The number of hydrogen-bond acceptors (Lipinski definition) is 3. The van der Waals surface area contributed by atoms with Crippen molar-refractivity contribution in [1.82, 2.24) is 5.32 Å². The molecule has 1 aromatic rings. The third-order valence-electron chi connectivity index (χ3n) is 1.57. The van der Waals surface area contributed by atoms with E-state index in [9.17, 15) is 0 Å². The van der Waals surface area contributed by atoms with Crippen LogP contribution in [0.5, 0.6) is 5.75 Å². The van der Waals surface area contributed by atoms with Crippen molar-refractivity contribution in [2.45, 2.75) is 0 Å². The molecule has 0 atom stereocenters. The SMILES string of the molecule is COC(=S)NCCOc1ccccc1. The van der Waals surface area contributed by atoms with Crippen LogP contribution in [0.4, 0.5) is 0 Å². The maximum absolute atomic E-state index is 5.42. The van der Waals surface area contributed by atoms with Crippen molar-refractivity contribution in [1.29, 1.82) is 0 Å². The Bertz CT molecular complexity index is 277. The number of nitrogens with one attached hydrogen (secondary N) is 1. The predicted octanol–water partition coefficient (Wildman–Crippen LogP) is 1.59. The van der Waals surface area contributed by atoms with Crippen molar-refractivity contribution in [2.24, 2.45) is 0 Å². The largest absolute Gasteiger partial charge is 0.492 e. The van der Waals surface area contributed by atoms with E-state index in [4.69, 9.17) is 21.7 Å². The van der Waals surface area contributed by atoms with Crippen molar-refractivity contribution in [3.63, 3.8) is 0 Å². The summed E-state index contributed by atoms with van der Waals surface area (Å²) in [6, 6.07) is 9.64. The first-order valence-corrected chi connectivity index (χ1v) is 4.73. The van der Waals surface area contributed by atoms with Gasteiger partial charge < -0.3 is 14.8 Å². The molecule has 0 fully saturated rings. The maximum atomic E-state index is 5.42. The summed E-state index contributed by atoms with van der Waals surface area (Å²) in [5, 5.41) is 3.28. The molecule has 0 aliphatic heterocycles.